The summed E-state index contributed by atoms with van der Waals surface area (Å²) < 4.78 is 43.8. The Hall–Kier alpha value is -2.96. The van der Waals surface area contributed by atoms with Gasteiger partial charge in [-0.05, 0) is 21.3 Å². The molecule has 0 radical (unpaired) electrons. The van der Waals surface area contributed by atoms with E-state index < -0.39 is 55.5 Å². The Labute approximate surface area is 233 Å². The summed E-state index contributed by atoms with van der Waals surface area (Å²) in [5, 5.41) is 13.5. The molecular formula is C29H37F2N3O5Si. The zero-order valence-corrected chi connectivity index (χ0v) is 24.4. The Morgan fingerprint density at radius 2 is 1.57 bits per heavy atom. The number of halogens is 2. The largest absolute Gasteiger partial charge is 0.405 e. The number of nitrogens with one attached hydrogen (secondary N) is 2. The summed E-state index contributed by atoms with van der Waals surface area (Å²) in [7, 11) is -3.05. The molecule has 0 saturated carbocycles. The van der Waals surface area contributed by atoms with Gasteiger partial charge in [-0.15, -0.1) is 0 Å². The van der Waals surface area contributed by atoms with Crippen molar-refractivity contribution in [1.29, 1.82) is 0 Å². The molecule has 2 aromatic carbocycles. The van der Waals surface area contributed by atoms with E-state index in [0.717, 1.165) is 15.4 Å². The molecule has 4 rings (SSSR count). The van der Waals surface area contributed by atoms with Crippen molar-refractivity contribution in [2.75, 3.05) is 13.2 Å². The molecule has 1 aliphatic heterocycles. The number of alkyl halides is 1. The number of hydrogen-bond acceptors (Lipinski definition) is 6. The minimum atomic E-state index is -3.05. The van der Waals surface area contributed by atoms with Crippen LogP contribution in [-0.4, -0.2) is 60.0 Å². The molecule has 2 heterocycles. The first-order chi connectivity index (χ1) is 18.9. The van der Waals surface area contributed by atoms with Gasteiger partial charge in [0, 0.05) is 6.54 Å². The fraction of sp³-hybridized carbons (Fsp3) is 0.448. The third-order valence-corrected chi connectivity index (χ3v) is 12.3. The van der Waals surface area contributed by atoms with E-state index in [1.54, 1.807) is 4.98 Å². The molecule has 1 aromatic heterocycles. The summed E-state index contributed by atoms with van der Waals surface area (Å²) in [5.74, 6) is -1.36. The average molecular weight is 574 g/mol. The van der Waals surface area contributed by atoms with Crippen LogP contribution in [0.1, 0.15) is 46.4 Å². The quantitative estimate of drug-likeness (QED) is 0.268. The van der Waals surface area contributed by atoms with E-state index in [2.05, 4.69) is 25.8 Å². The lowest BCUT2D eigenvalue weighted by Crippen LogP contribution is -2.67. The number of hydroxylamine groups is 2. The lowest BCUT2D eigenvalue weighted by molar-refractivity contribution is -0.159. The van der Waals surface area contributed by atoms with Crippen LogP contribution in [0.15, 0.2) is 70.3 Å². The van der Waals surface area contributed by atoms with Gasteiger partial charge in [0.1, 0.15) is 12.2 Å². The van der Waals surface area contributed by atoms with Crippen molar-refractivity contribution in [1.82, 2.24) is 15.0 Å². The van der Waals surface area contributed by atoms with Crippen LogP contribution in [0.4, 0.5) is 8.78 Å². The van der Waals surface area contributed by atoms with Crippen LogP contribution in [-0.2, 0) is 9.16 Å². The van der Waals surface area contributed by atoms with Crippen LogP contribution in [0.25, 0.3) is 0 Å². The van der Waals surface area contributed by atoms with Crippen molar-refractivity contribution in [2.45, 2.75) is 64.1 Å². The highest BCUT2D eigenvalue weighted by molar-refractivity contribution is 6.99. The Morgan fingerprint density at radius 1 is 1.02 bits per heavy atom. The third-order valence-electron chi connectivity index (χ3n) is 7.29. The molecule has 3 aromatic rings. The van der Waals surface area contributed by atoms with E-state index in [9.17, 15) is 19.2 Å². The van der Waals surface area contributed by atoms with Gasteiger partial charge >= 0.3 is 5.69 Å². The van der Waals surface area contributed by atoms with Crippen LogP contribution >= 0.6 is 0 Å². The summed E-state index contributed by atoms with van der Waals surface area (Å²) in [5.41, 5.74) is -2.86. The summed E-state index contributed by atoms with van der Waals surface area (Å²) >= 11 is 0. The summed E-state index contributed by atoms with van der Waals surface area (Å²) in [6, 6.07) is 18.5. The molecule has 1 saturated heterocycles. The second-order valence-corrected chi connectivity index (χ2v) is 16.0. The number of H-pyrrole nitrogens is 2. The molecule has 0 aliphatic carbocycles. The van der Waals surface area contributed by atoms with E-state index in [1.807, 2.05) is 74.5 Å². The highest BCUT2D eigenvalue weighted by atomic mass is 28.4. The normalized spacial score (nSPS) is 21.9. The monoisotopic (exact) mass is 573 g/mol. The standard InChI is InChI=1S/C29H37F2N3O5Si/c1-18(2)16-34(37)25-21(39-26(23(25)31)24-22(30)27(35)33-28(36)32-24)17-38-40(29(3,4)5,19-12-8-6-9-13-19)20-14-10-7-11-15-20/h6-15,18,21,23,25-26,37H,16-17H2,1-5H3,(H2,32,33,35,36)/t21-,23+,25-,26+/m1/s1. The highest BCUT2D eigenvalue weighted by Gasteiger charge is 2.54. The van der Waals surface area contributed by atoms with Gasteiger partial charge in [0.2, 0.25) is 5.82 Å². The van der Waals surface area contributed by atoms with Gasteiger partial charge in [0.05, 0.1) is 18.3 Å². The zero-order valence-electron chi connectivity index (χ0n) is 23.4. The highest BCUT2D eigenvalue weighted by Crippen LogP contribution is 2.40. The fourth-order valence-electron chi connectivity index (χ4n) is 5.60. The molecule has 11 heteroatoms. The number of nitrogens with zero attached hydrogens (tertiary/aromatic N) is 1. The first-order valence-electron chi connectivity index (χ1n) is 13.4. The zero-order chi connectivity index (χ0) is 29.2. The molecule has 4 atom stereocenters. The molecule has 0 amide bonds. The minimum absolute atomic E-state index is 0.0226. The SMILES string of the molecule is CC(C)CN(O)[C@H]1[C@H](F)[C@@H](c2[nH]c(=O)[nH]c(=O)c2F)O[C@@H]1CO[Si](c1ccccc1)(c1ccccc1)C(C)(C)C. The molecule has 0 unspecified atom stereocenters. The van der Waals surface area contributed by atoms with E-state index in [-0.39, 0.29) is 24.1 Å². The Balaban J connectivity index is 1.78. The van der Waals surface area contributed by atoms with Crippen LogP contribution in [0.2, 0.25) is 5.04 Å². The molecule has 40 heavy (non-hydrogen) atoms. The molecule has 8 nitrogen and oxygen atoms in total. The molecule has 216 valence electrons. The Morgan fingerprint density at radius 3 is 2.08 bits per heavy atom. The first-order valence-corrected chi connectivity index (χ1v) is 15.3. The van der Waals surface area contributed by atoms with E-state index in [0.29, 0.717) is 0 Å². The molecular weight excluding hydrogens is 536 g/mol. The van der Waals surface area contributed by atoms with Gasteiger partial charge in [-0.1, -0.05) is 95.3 Å². The van der Waals surface area contributed by atoms with Gasteiger partial charge in [-0.25, -0.2) is 9.18 Å². The number of hydrogen-bond donors (Lipinski definition) is 3. The maximum atomic E-state index is 16.1. The molecule has 3 N–H and O–H groups in total. The second-order valence-electron chi connectivity index (χ2n) is 11.7. The number of rotatable bonds is 9. The summed E-state index contributed by atoms with van der Waals surface area (Å²) in [4.78, 5) is 27.8. The molecule has 0 spiro atoms. The predicted molar refractivity (Wildman–Crippen MR) is 151 cm³/mol. The van der Waals surface area contributed by atoms with Crippen molar-refractivity contribution in [2.24, 2.45) is 5.92 Å². The van der Waals surface area contributed by atoms with Crippen molar-refractivity contribution in [3.05, 3.63) is 93.0 Å². The summed E-state index contributed by atoms with van der Waals surface area (Å²) in [6.45, 7) is 10.0. The van der Waals surface area contributed by atoms with E-state index >= 15 is 4.39 Å². The van der Waals surface area contributed by atoms with Gasteiger partial charge in [0.15, 0.2) is 6.17 Å². The number of aromatic amines is 2. The Bertz CT molecular complexity index is 1360. The average Bonchev–Trinajstić information content (AvgIpc) is 3.22. The van der Waals surface area contributed by atoms with Crippen LogP contribution in [0.3, 0.4) is 0 Å². The van der Waals surface area contributed by atoms with Crippen molar-refractivity contribution in [3.8, 4) is 0 Å². The molecule has 1 fully saturated rings. The number of aromatic nitrogens is 2. The lowest BCUT2D eigenvalue weighted by Gasteiger charge is -2.44. The maximum Gasteiger partial charge on any atom is 0.326 e. The van der Waals surface area contributed by atoms with Crippen LogP contribution in [0, 0.1) is 11.7 Å². The molecule has 1 aliphatic rings. The third kappa shape index (κ3) is 5.75. The maximum absolute atomic E-state index is 16.1. The Kier molecular flexibility index (Phi) is 8.91. The number of ether oxygens (including phenoxy) is 1. The second kappa shape index (κ2) is 11.9. The van der Waals surface area contributed by atoms with Crippen LogP contribution in [0.5, 0.6) is 0 Å². The van der Waals surface area contributed by atoms with E-state index in [4.69, 9.17) is 9.16 Å². The van der Waals surface area contributed by atoms with Gasteiger partial charge in [0.25, 0.3) is 13.9 Å². The molecule has 0 bridgehead atoms. The van der Waals surface area contributed by atoms with E-state index in [1.165, 1.54) is 0 Å². The summed E-state index contributed by atoms with van der Waals surface area (Å²) in [6.07, 6.45) is -4.65. The predicted octanol–water partition coefficient (Wildman–Crippen LogP) is 3.27. The van der Waals surface area contributed by atoms with Crippen LogP contribution < -0.4 is 21.6 Å². The minimum Gasteiger partial charge on any atom is -0.405 e. The van der Waals surface area contributed by atoms with Crippen molar-refractivity contribution >= 4 is 18.7 Å². The van der Waals surface area contributed by atoms with Crippen molar-refractivity contribution in [3.63, 3.8) is 0 Å². The topological polar surface area (TPSA) is 108 Å². The lowest BCUT2D eigenvalue weighted by atomic mass is 10.0. The van der Waals surface area contributed by atoms with Crippen molar-refractivity contribution < 1.29 is 23.2 Å². The first kappa shape index (κ1) is 30.0. The van der Waals surface area contributed by atoms with Gasteiger partial charge in [-0.2, -0.15) is 9.45 Å². The number of benzene rings is 2. The smallest absolute Gasteiger partial charge is 0.326 e. The van der Waals surface area contributed by atoms with Gasteiger partial charge < -0.3 is 19.4 Å². The van der Waals surface area contributed by atoms with Gasteiger partial charge in [-0.3, -0.25) is 9.78 Å². The fourth-order valence-corrected chi connectivity index (χ4v) is 10.2.